The Bertz CT molecular complexity index is 733. The Morgan fingerprint density at radius 1 is 1.45 bits per heavy atom. The minimum Gasteiger partial charge on any atom is -0.481 e. The number of carbonyl (C=O) groups is 1. The lowest BCUT2D eigenvalue weighted by atomic mass is 9.81. The molecule has 1 aliphatic heterocycles. The van der Waals surface area contributed by atoms with Gasteiger partial charge in [0.25, 0.3) is 0 Å². The molecular weight excluding hydrogens is 370 g/mol. The number of nitrogens with zero attached hydrogens (tertiary/aromatic N) is 1. The van der Waals surface area contributed by atoms with Crippen LogP contribution in [-0.4, -0.2) is 36.9 Å². The highest BCUT2D eigenvalue weighted by Crippen LogP contribution is 2.50. The Kier molecular flexibility index (Phi) is 3.86. The van der Waals surface area contributed by atoms with Crippen LogP contribution < -0.4 is 0 Å². The second kappa shape index (κ2) is 5.32. The van der Waals surface area contributed by atoms with Gasteiger partial charge >= 0.3 is 5.97 Å². The van der Waals surface area contributed by atoms with Crippen LogP contribution in [0.25, 0.3) is 0 Å². The van der Waals surface area contributed by atoms with Crippen molar-refractivity contribution in [3.8, 4) is 0 Å². The van der Waals surface area contributed by atoms with Crippen molar-refractivity contribution in [1.29, 1.82) is 0 Å². The summed E-state index contributed by atoms with van der Waals surface area (Å²) < 4.78 is 27.8. The summed E-state index contributed by atoms with van der Waals surface area (Å²) in [4.78, 5) is 11.9. The zero-order chi connectivity index (χ0) is 16.1. The number of rotatable bonds is 3. The second-order valence-corrected chi connectivity index (χ2v) is 9.05. The molecule has 2 fully saturated rings. The van der Waals surface area contributed by atoms with Crippen LogP contribution in [0, 0.1) is 18.3 Å². The van der Waals surface area contributed by atoms with E-state index in [2.05, 4.69) is 15.9 Å². The standard InChI is InChI=1S/C15H18BrNO4S/c1-10-7-12(4-5-13(10)16)22(20,21)17-8-11-3-2-6-15(11,9-17)14(18)19/h4-5,7,11H,2-3,6,8-9H2,1H3,(H,18,19)/t11-,15+/m0/s1. The van der Waals surface area contributed by atoms with Gasteiger partial charge in [-0.25, -0.2) is 8.42 Å². The quantitative estimate of drug-likeness (QED) is 0.864. The third kappa shape index (κ3) is 2.30. The molecular formula is C15H18BrNO4S. The van der Waals surface area contributed by atoms with E-state index in [0.717, 1.165) is 22.9 Å². The molecule has 3 rings (SSSR count). The Balaban J connectivity index is 1.94. The Morgan fingerprint density at radius 2 is 2.18 bits per heavy atom. The lowest BCUT2D eigenvalue weighted by Gasteiger charge is -2.23. The fourth-order valence-electron chi connectivity index (χ4n) is 3.70. The summed E-state index contributed by atoms with van der Waals surface area (Å²) in [5, 5.41) is 9.58. The first-order valence-corrected chi connectivity index (χ1v) is 9.50. The van der Waals surface area contributed by atoms with Crippen molar-refractivity contribution in [1.82, 2.24) is 4.31 Å². The molecule has 1 saturated heterocycles. The average Bonchev–Trinajstić information content (AvgIpc) is 2.99. The third-order valence-electron chi connectivity index (χ3n) is 5.03. The molecule has 0 radical (unpaired) electrons. The van der Waals surface area contributed by atoms with E-state index in [0.29, 0.717) is 13.0 Å². The maximum Gasteiger partial charge on any atom is 0.311 e. The van der Waals surface area contributed by atoms with Gasteiger partial charge in [-0.3, -0.25) is 4.79 Å². The first-order chi connectivity index (χ1) is 10.3. The molecule has 1 saturated carbocycles. The third-order valence-corrected chi connectivity index (χ3v) is 7.73. The highest BCUT2D eigenvalue weighted by molar-refractivity contribution is 9.10. The van der Waals surface area contributed by atoms with Crippen molar-refractivity contribution in [2.75, 3.05) is 13.1 Å². The molecule has 0 amide bonds. The predicted molar refractivity (Wildman–Crippen MR) is 85.0 cm³/mol. The molecule has 0 aromatic heterocycles. The number of hydrogen-bond donors (Lipinski definition) is 1. The van der Waals surface area contributed by atoms with Gasteiger partial charge in [-0.15, -0.1) is 0 Å². The van der Waals surface area contributed by atoms with E-state index in [1.807, 2.05) is 6.92 Å². The van der Waals surface area contributed by atoms with Crippen LogP contribution in [0.1, 0.15) is 24.8 Å². The van der Waals surface area contributed by atoms with Crippen molar-refractivity contribution in [2.45, 2.75) is 31.1 Å². The number of carboxylic acids is 1. The molecule has 0 unspecified atom stereocenters. The van der Waals surface area contributed by atoms with Gasteiger partial charge in [-0.05, 0) is 49.4 Å². The normalized spacial score (nSPS) is 28.7. The molecule has 1 N–H and O–H groups in total. The van der Waals surface area contributed by atoms with Crippen LogP contribution in [0.2, 0.25) is 0 Å². The van der Waals surface area contributed by atoms with Crippen LogP contribution in [0.3, 0.4) is 0 Å². The van der Waals surface area contributed by atoms with Gasteiger partial charge in [-0.1, -0.05) is 22.4 Å². The summed E-state index contributed by atoms with van der Waals surface area (Å²) in [5.41, 5.74) is -0.0503. The van der Waals surface area contributed by atoms with Gasteiger partial charge in [0.15, 0.2) is 0 Å². The molecule has 1 aromatic carbocycles. The van der Waals surface area contributed by atoms with E-state index >= 15 is 0 Å². The molecule has 0 spiro atoms. The van der Waals surface area contributed by atoms with Gasteiger partial charge < -0.3 is 5.11 Å². The van der Waals surface area contributed by atoms with Crippen LogP contribution in [-0.2, 0) is 14.8 Å². The van der Waals surface area contributed by atoms with Crippen molar-refractivity contribution < 1.29 is 18.3 Å². The number of aryl methyl sites for hydroxylation is 1. The van der Waals surface area contributed by atoms with E-state index in [1.54, 1.807) is 18.2 Å². The lowest BCUT2D eigenvalue weighted by molar-refractivity contribution is -0.149. The summed E-state index contributed by atoms with van der Waals surface area (Å²) in [5.74, 6) is -0.934. The number of aliphatic carboxylic acids is 1. The van der Waals surface area contributed by atoms with E-state index in [4.69, 9.17) is 0 Å². The van der Waals surface area contributed by atoms with Crippen molar-refractivity contribution in [3.63, 3.8) is 0 Å². The number of fused-ring (bicyclic) bond motifs is 1. The molecule has 120 valence electrons. The van der Waals surface area contributed by atoms with E-state index in [1.165, 1.54) is 4.31 Å². The number of carboxylic acid groups (broad SMARTS) is 1. The SMILES string of the molecule is Cc1cc(S(=O)(=O)N2C[C@@H]3CCC[C@@]3(C(=O)O)C2)ccc1Br. The van der Waals surface area contributed by atoms with E-state index < -0.39 is 21.4 Å². The predicted octanol–water partition coefficient (Wildman–Crippen LogP) is 2.63. The summed E-state index contributed by atoms with van der Waals surface area (Å²) >= 11 is 3.36. The first kappa shape index (κ1) is 16.0. The molecule has 1 heterocycles. The van der Waals surface area contributed by atoms with E-state index in [9.17, 15) is 18.3 Å². The molecule has 7 heteroatoms. The molecule has 2 aliphatic rings. The summed E-state index contributed by atoms with van der Waals surface area (Å²) in [6.45, 7) is 2.23. The molecule has 0 bridgehead atoms. The van der Waals surface area contributed by atoms with Gasteiger partial charge in [0.05, 0.1) is 10.3 Å². The zero-order valence-electron chi connectivity index (χ0n) is 12.3. The van der Waals surface area contributed by atoms with Crippen LogP contribution in [0.5, 0.6) is 0 Å². The number of sulfonamides is 1. The zero-order valence-corrected chi connectivity index (χ0v) is 14.7. The van der Waals surface area contributed by atoms with Gasteiger partial charge in [0, 0.05) is 17.6 Å². The highest BCUT2D eigenvalue weighted by atomic mass is 79.9. The number of halogens is 1. The minimum atomic E-state index is -3.64. The van der Waals surface area contributed by atoms with Crippen LogP contribution >= 0.6 is 15.9 Å². The van der Waals surface area contributed by atoms with Crippen LogP contribution in [0.15, 0.2) is 27.6 Å². The maximum absolute atomic E-state index is 12.8. The largest absolute Gasteiger partial charge is 0.481 e. The van der Waals surface area contributed by atoms with Gasteiger partial charge in [-0.2, -0.15) is 4.31 Å². The van der Waals surface area contributed by atoms with Crippen molar-refractivity contribution in [2.24, 2.45) is 11.3 Å². The average molecular weight is 388 g/mol. The maximum atomic E-state index is 12.8. The van der Waals surface area contributed by atoms with E-state index in [-0.39, 0.29) is 17.4 Å². The Labute approximate surface area is 138 Å². The molecule has 1 aliphatic carbocycles. The van der Waals surface area contributed by atoms with Crippen LogP contribution in [0.4, 0.5) is 0 Å². The summed E-state index contributed by atoms with van der Waals surface area (Å²) in [7, 11) is -3.64. The minimum absolute atomic E-state index is 0.0729. The van der Waals surface area contributed by atoms with Gasteiger partial charge in [0.2, 0.25) is 10.0 Å². The fourth-order valence-corrected chi connectivity index (χ4v) is 5.59. The monoisotopic (exact) mass is 387 g/mol. The van der Waals surface area contributed by atoms with Crippen molar-refractivity contribution >= 4 is 31.9 Å². The Hall–Kier alpha value is -0.920. The fraction of sp³-hybridized carbons (Fsp3) is 0.533. The number of benzene rings is 1. The smallest absolute Gasteiger partial charge is 0.311 e. The highest BCUT2D eigenvalue weighted by Gasteiger charge is 2.57. The summed E-state index contributed by atoms with van der Waals surface area (Å²) in [6.07, 6.45) is 2.22. The molecule has 22 heavy (non-hydrogen) atoms. The molecule has 1 aromatic rings. The molecule has 5 nitrogen and oxygen atoms in total. The number of hydrogen-bond acceptors (Lipinski definition) is 3. The van der Waals surface area contributed by atoms with Gasteiger partial charge in [0.1, 0.15) is 0 Å². The second-order valence-electron chi connectivity index (χ2n) is 6.26. The first-order valence-electron chi connectivity index (χ1n) is 7.27. The van der Waals surface area contributed by atoms with Crippen molar-refractivity contribution in [3.05, 3.63) is 28.2 Å². The molecule has 2 atom stereocenters. The Morgan fingerprint density at radius 3 is 2.77 bits per heavy atom. The lowest BCUT2D eigenvalue weighted by Crippen LogP contribution is -2.37. The topological polar surface area (TPSA) is 74.7 Å². The summed E-state index contributed by atoms with van der Waals surface area (Å²) in [6, 6.07) is 4.90.